The van der Waals surface area contributed by atoms with Crippen LogP contribution in [-0.2, 0) is 0 Å². The van der Waals surface area contributed by atoms with Gasteiger partial charge < -0.3 is 5.73 Å². The first-order valence-electron chi connectivity index (χ1n) is 7.44. The van der Waals surface area contributed by atoms with Gasteiger partial charge in [-0.05, 0) is 32.7 Å². The zero-order valence-electron chi connectivity index (χ0n) is 11.6. The van der Waals surface area contributed by atoms with Gasteiger partial charge in [-0.3, -0.25) is 9.80 Å². The molecule has 2 saturated heterocycles. The first-order valence-corrected chi connectivity index (χ1v) is 7.44. The molecule has 100 valence electrons. The molecule has 3 nitrogen and oxygen atoms in total. The van der Waals surface area contributed by atoms with E-state index in [0.717, 1.165) is 12.6 Å². The Balaban J connectivity index is 1.79. The summed E-state index contributed by atoms with van der Waals surface area (Å²) in [5, 5.41) is 0. The molecule has 3 atom stereocenters. The summed E-state index contributed by atoms with van der Waals surface area (Å²) in [6.07, 6.45) is 6.52. The Morgan fingerprint density at radius 1 is 1.35 bits per heavy atom. The van der Waals surface area contributed by atoms with Crippen molar-refractivity contribution < 1.29 is 0 Å². The minimum absolute atomic E-state index is 0.380. The smallest absolute Gasteiger partial charge is 0.0224 e. The number of hydrogen-bond acceptors (Lipinski definition) is 3. The molecule has 17 heavy (non-hydrogen) atoms. The van der Waals surface area contributed by atoms with E-state index in [0.29, 0.717) is 12.1 Å². The van der Waals surface area contributed by atoms with E-state index in [4.69, 9.17) is 5.73 Å². The molecule has 0 aliphatic carbocycles. The van der Waals surface area contributed by atoms with Crippen LogP contribution in [0.2, 0.25) is 0 Å². The molecule has 2 fully saturated rings. The maximum absolute atomic E-state index is 6.23. The van der Waals surface area contributed by atoms with Crippen molar-refractivity contribution in [3.8, 4) is 0 Å². The average Bonchev–Trinajstić information content (AvgIpc) is 2.74. The molecule has 0 spiro atoms. The number of rotatable bonds is 5. The van der Waals surface area contributed by atoms with E-state index >= 15 is 0 Å². The lowest BCUT2D eigenvalue weighted by Gasteiger charge is -2.43. The summed E-state index contributed by atoms with van der Waals surface area (Å²) < 4.78 is 0. The Morgan fingerprint density at radius 2 is 2.18 bits per heavy atom. The summed E-state index contributed by atoms with van der Waals surface area (Å²) in [4.78, 5) is 5.31. The zero-order valence-corrected chi connectivity index (χ0v) is 11.6. The van der Waals surface area contributed by atoms with Crippen LogP contribution in [0.25, 0.3) is 0 Å². The Labute approximate surface area is 106 Å². The molecule has 2 rings (SSSR count). The molecule has 0 amide bonds. The van der Waals surface area contributed by atoms with Gasteiger partial charge >= 0.3 is 0 Å². The molecular formula is C14H29N3. The van der Waals surface area contributed by atoms with Crippen LogP contribution in [0.5, 0.6) is 0 Å². The van der Waals surface area contributed by atoms with E-state index in [9.17, 15) is 0 Å². The van der Waals surface area contributed by atoms with Crippen LogP contribution in [-0.4, -0.2) is 54.1 Å². The minimum Gasteiger partial charge on any atom is -0.327 e. The van der Waals surface area contributed by atoms with Gasteiger partial charge in [-0.2, -0.15) is 0 Å². The van der Waals surface area contributed by atoms with E-state index < -0.39 is 0 Å². The van der Waals surface area contributed by atoms with Crippen LogP contribution >= 0.6 is 0 Å². The van der Waals surface area contributed by atoms with Crippen molar-refractivity contribution in [2.75, 3.05) is 26.2 Å². The van der Waals surface area contributed by atoms with Crippen LogP contribution in [0.3, 0.4) is 0 Å². The van der Waals surface area contributed by atoms with E-state index in [1.165, 1.54) is 51.7 Å². The van der Waals surface area contributed by atoms with Crippen molar-refractivity contribution >= 4 is 0 Å². The summed E-state index contributed by atoms with van der Waals surface area (Å²) in [5.41, 5.74) is 6.23. The first kappa shape index (κ1) is 13.3. The van der Waals surface area contributed by atoms with E-state index in [2.05, 4.69) is 23.6 Å². The highest BCUT2D eigenvalue weighted by atomic mass is 15.3. The number of nitrogens with two attached hydrogens (primary N) is 1. The standard InChI is InChI=1S/C14H29N3/c1-3-4-6-13(15)10-17-11-14-7-5-8-16(14)9-12(17)2/h12-14H,3-11,15H2,1-2H3. The number of hydrogen-bond donors (Lipinski definition) is 1. The molecule has 2 aliphatic heterocycles. The highest BCUT2D eigenvalue weighted by Gasteiger charge is 2.34. The van der Waals surface area contributed by atoms with Crippen molar-refractivity contribution in [3.05, 3.63) is 0 Å². The second-order valence-electron chi connectivity index (χ2n) is 6.00. The third-order valence-electron chi connectivity index (χ3n) is 4.46. The van der Waals surface area contributed by atoms with Gasteiger partial charge in [0.15, 0.2) is 0 Å². The van der Waals surface area contributed by atoms with Gasteiger partial charge in [0.25, 0.3) is 0 Å². The Kier molecular flexibility index (Phi) is 4.83. The molecule has 2 N–H and O–H groups in total. The maximum Gasteiger partial charge on any atom is 0.0224 e. The molecule has 2 aliphatic rings. The molecule has 0 radical (unpaired) electrons. The quantitative estimate of drug-likeness (QED) is 0.792. The fourth-order valence-electron chi connectivity index (χ4n) is 3.36. The largest absolute Gasteiger partial charge is 0.327 e. The summed E-state index contributed by atoms with van der Waals surface area (Å²) in [5.74, 6) is 0. The van der Waals surface area contributed by atoms with Crippen molar-refractivity contribution in [1.29, 1.82) is 0 Å². The number of piperazine rings is 1. The van der Waals surface area contributed by atoms with E-state index in [-0.39, 0.29) is 0 Å². The lowest BCUT2D eigenvalue weighted by atomic mass is 10.1. The number of unbranched alkanes of at least 4 members (excludes halogenated alkanes) is 1. The van der Waals surface area contributed by atoms with Gasteiger partial charge in [0, 0.05) is 37.8 Å². The normalized spacial score (nSPS) is 32.6. The molecule has 0 bridgehead atoms. The van der Waals surface area contributed by atoms with Crippen LogP contribution in [0, 0.1) is 0 Å². The third kappa shape index (κ3) is 3.43. The van der Waals surface area contributed by atoms with Crippen molar-refractivity contribution in [2.45, 2.75) is 64.1 Å². The second kappa shape index (κ2) is 6.17. The minimum atomic E-state index is 0.380. The van der Waals surface area contributed by atoms with Gasteiger partial charge in [-0.15, -0.1) is 0 Å². The highest BCUT2D eigenvalue weighted by molar-refractivity contribution is 4.91. The summed E-state index contributed by atoms with van der Waals surface area (Å²) >= 11 is 0. The predicted molar refractivity (Wildman–Crippen MR) is 73.1 cm³/mol. The van der Waals surface area contributed by atoms with E-state index in [1.807, 2.05) is 0 Å². The predicted octanol–water partition coefficient (Wildman–Crippen LogP) is 1.67. The lowest BCUT2D eigenvalue weighted by Crippen LogP contribution is -2.57. The van der Waals surface area contributed by atoms with Crippen molar-refractivity contribution in [2.24, 2.45) is 5.73 Å². The van der Waals surface area contributed by atoms with Gasteiger partial charge in [-0.25, -0.2) is 0 Å². The van der Waals surface area contributed by atoms with Crippen LogP contribution in [0.1, 0.15) is 46.0 Å². The first-order chi connectivity index (χ1) is 8.20. The molecule has 0 aromatic heterocycles. The Hall–Kier alpha value is -0.120. The topological polar surface area (TPSA) is 32.5 Å². The van der Waals surface area contributed by atoms with Gasteiger partial charge in [-0.1, -0.05) is 19.8 Å². The molecule has 3 heteroatoms. The van der Waals surface area contributed by atoms with Crippen molar-refractivity contribution in [3.63, 3.8) is 0 Å². The second-order valence-corrected chi connectivity index (χ2v) is 6.00. The lowest BCUT2D eigenvalue weighted by molar-refractivity contribution is 0.0547. The summed E-state index contributed by atoms with van der Waals surface area (Å²) in [6, 6.07) is 1.90. The van der Waals surface area contributed by atoms with E-state index in [1.54, 1.807) is 0 Å². The van der Waals surface area contributed by atoms with Crippen molar-refractivity contribution in [1.82, 2.24) is 9.80 Å². The molecular weight excluding hydrogens is 210 g/mol. The molecule has 0 aromatic carbocycles. The van der Waals surface area contributed by atoms with Crippen LogP contribution in [0.4, 0.5) is 0 Å². The molecule has 2 heterocycles. The summed E-state index contributed by atoms with van der Waals surface area (Å²) in [6.45, 7) is 9.54. The average molecular weight is 239 g/mol. The maximum atomic E-state index is 6.23. The molecule has 0 aromatic rings. The van der Waals surface area contributed by atoms with Gasteiger partial charge in [0.1, 0.15) is 0 Å². The SMILES string of the molecule is CCCCC(N)CN1CC2CCCN2CC1C. The van der Waals surface area contributed by atoms with Gasteiger partial charge in [0.2, 0.25) is 0 Å². The number of fused-ring (bicyclic) bond motifs is 1. The number of nitrogens with zero attached hydrogens (tertiary/aromatic N) is 2. The van der Waals surface area contributed by atoms with Crippen LogP contribution < -0.4 is 5.73 Å². The monoisotopic (exact) mass is 239 g/mol. The zero-order chi connectivity index (χ0) is 12.3. The fourth-order valence-corrected chi connectivity index (χ4v) is 3.36. The van der Waals surface area contributed by atoms with Crippen LogP contribution in [0.15, 0.2) is 0 Å². The summed E-state index contributed by atoms with van der Waals surface area (Å²) in [7, 11) is 0. The third-order valence-corrected chi connectivity index (χ3v) is 4.46. The highest BCUT2D eigenvalue weighted by Crippen LogP contribution is 2.24. The fraction of sp³-hybridized carbons (Fsp3) is 1.00. The molecule has 0 saturated carbocycles. The Bertz CT molecular complexity index is 232. The van der Waals surface area contributed by atoms with Gasteiger partial charge in [0.05, 0.1) is 0 Å². The molecule has 3 unspecified atom stereocenters. The Morgan fingerprint density at radius 3 is 2.94 bits per heavy atom.